The van der Waals surface area contributed by atoms with E-state index in [0.29, 0.717) is 12.8 Å². The van der Waals surface area contributed by atoms with Crippen molar-refractivity contribution in [3.63, 3.8) is 0 Å². The van der Waals surface area contributed by atoms with Gasteiger partial charge in [-0.15, -0.1) is 0 Å². The fraction of sp³-hybridized carbons (Fsp3) is 0.733. The van der Waals surface area contributed by atoms with Gasteiger partial charge in [-0.05, 0) is 26.7 Å². The van der Waals surface area contributed by atoms with Crippen molar-refractivity contribution in [1.29, 1.82) is 0 Å². The number of carbonyl (C=O) groups excluding carboxylic acids is 3. The first kappa shape index (κ1) is 22.2. The molecule has 1 rings (SSSR count). The molecule has 5 unspecified atom stereocenters. The molecule has 0 bridgehead atoms. The molecule has 1 fully saturated rings. The van der Waals surface area contributed by atoms with Crippen LogP contribution in [0.5, 0.6) is 0 Å². The van der Waals surface area contributed by atoms with Crippen LogP contribution in [0.4, 0.5) is 0 Å². The van der Waals surface area contributed by atoms with Gasteiger partial charge in [0, 0.05) is 12.3 Å². The summed E-state index contributed by atoms with van der Waals surface area (Å²) in [6.45, 7) is 3.04. The Morgan fingerprint density at radius 1 is 1.27 bits per heavy atom. The smallest absolute Gasteiger partial charge is 0.327 e. The highest BCUT2D eigenvalue weighted by Crippen LogP contribution is 2.19. The number of hydrogen-bond acceptors (Lipinski definition) is 7. The number of nitrogens with two attached hydrogens (primary N) is 1. The van der Waals surface area contributed by atoms with Crippen molar-refractivity contribution in [2.75, 3.05) is 12.3 Å². The lowest BCUT2D eigenvalue weighted by molar-refractivity contribution is -0.145. The maximum Gasteiger partial charge on any atom is 0.327 e. The van der Waals surface area contributed by atoms with E-state index in [2.05, 4.69) is 23.3 Å². The van der Waals surface area contributed by atoms with Gasteiger partial charge in [-0.25, -0.2) is 4.79 Å². The van der Waals surface area contributed by atoms with Gasteiger partial charge in [0.15, 0.2) is 0 Å². The highest BCUT2D eigenvalue weighted by molar-refractivity contribution is 7.80. The summed E-state index contributed by atoms with van der Waals surface area (Å²) < 4.78 is 0. The summed E-state index contributed by atoms with van der Waals surface area (Å²) >= 11 is 3.88. The first-order valence-corrected chi connectivity index (χ1v) is 8.91. The summed E-state index contributed by atoms with van der Waals surface area (Å²) in [6.07, 6.45) is -0.306. The summed E-state index contributed by atoms with van der Waals surface area (Å²) in [7, 11) is 0. The number of nitrogens with one attached hydrogen (secondary N) is 2. The van der Waals surface area contributed by atoms with Crippen LogP contribution in [0.15, 0.2) is 0 Å². The molecule has 1 saturated heterocycles. The minimum atomic E-state index is -1.25. The van der Waals surface area contributed by atoms with E-state index in [9.17, 15) is 24.3 Å². The van der Waals surface area contributed by atoms with Crippen LogP contribution in [0.2, 0.25) is 0 Å². The minimum Gasteiger partial charge on any atom is -0.480 e. The molecule has 1 aliphatic heterocycles. The zero-order valence-electron chi connectivity index (χ0n) is 14.7. The maximum absolute atomic E-state index is 12.7. The first-order chi connectivity index (χ1) is 12.1. The zero-order valence-corrected chi connectivity index (χ0v) is 15.6. The van der Waals surface area contributed by atoms with E-state index >= 15 is 0 Å². The number of aliphatic carboxylic acids is 1. The quantitative estimate of drug-likeness (QED) is 0.254. The molecule has 5 atom stereocenters. The number of aliphatic hydroxyl groups excluding tert-OH is 1. The van der Waals surface area contributed by atoms with Crippen molar-refractivity contribution in [2.24, 2.45) is 5.73 Å². The van der Waals surface area contributed by atoms with Crippen LogP contribution >= 0.6 is 12.6 Å². The number of carboxylic acid groups (broad SMARTS) is 1. The molecule has 1 heterocycles. The zero-order chi connectivity index (χ0) is 20.0. The van der Waals surface area contributed by atoms with Gasteiger partial charge in [-0.1, -0.05) is 0 Å². The number of carboxylic acids is 1. The molecule has 0 radical (unpaired) electrons. The van der Waals surface area contributed by atoms with Crippen LogP contribution in [0, 0.1) is 0 Å². The van der Waals surface area contributed by atoms with Gasteiger partial charge in [0.05, 0.1) is 12.1 Å². The Kier molecular flexibility index (Phi) is 8.31. The van der Waals surface area contributed by atoms with E-state index in [4.69, 9.17) is 10.8 Å². The second-order valence-corrected chi connectivity index (χ2v) is 6.65. The Hall–Kier alpha value is -1.85. The molecular weight excluding hydrogens is 364 g/mol. The standard InChI is InChI=1S/C15H26N4O6S/c1-7(16)12(21)18-11(8(2)20)14(23)19-5-3-4-10(19)13(22)17-9(6-26)15(24)25/h7-11,20,26H,3-6,16H2,1-2H3,(H,17,22)(H,18,21)(H,24,25). The van der Waals surface area contributed by atoms with Gasteiger partial charge in [-0.3, -0.25) is 14.4 Å². The molecule has 148 valence electrons. The number of carbonyl (C=O) groups is 4. The van der Waals surface area contributed by atoms with Crippen molar-refractivity contribution in [3.8, 4) is 0 Å². The van der Waals surface area contributed by atoms with Crippen molar-refractivity contribution < 1.29 is 29.4 Å². The van der Waals surface area contributed by atoms with E-state index in [-0.39, 0.29) is 12.3 Å². The third-order valence-corrected chi connectivity index (χ3v) is 4.46. The minimum absolute atomic E-state index is 0.0948. The van der Waals surface area contributed by atoms with E-state index < -0.39 is 54.0 Å². The van der Waals surface area contributed by atoms with Crippen LogP contribution in [0.25, 0.3) is 0 Å². The third kappa shape index (κ3) is 5.58. The fourth-order valence-corrected chi connectivity index (χ4v) is 2.86. The van der Waals surface area contributed by atoms with Crippen molar-refractivity contribution in [3.05, 3.63) is 0 Å². The predicted octanol–water partition coefficient (Wildman–Crippen LogP) is -2.31. The molecule has 26 heavy (non-hydrogen) atoms. The highest BCUT2D eigenvalue weighted by atomic mass is 32.1. The lowest BCUT2D eigenvalue weighted by Crippen LogP contribution is -2.59. The molecule has 0 spiro atoms. The average molecular weight is 390 g/mol. The fourth-order valence-electron chi connectivity index (χ4n) is 2.61. The Morgan fingerprint density at radius 2 is 1.88 bits per heavy atom. The van der Waals surface area contributed by atoms with Crippen LogP contribution in [0.3, 0.4) is 0 Å². The number of thiol groups is 1. The van der Waals surface area contributed by atoms with Gasteiger partial charge in [-0.2, -0.15) is 12.6 Å². The number of likely N-dealkylation sites (tertiary alicyclic amines) is 1. The normalized spacial score (nSPS) is 21.4. The summed E-state index contributed by atoms with van der Waals surface area (Å²) in [5.74, 6) is -3.16. The second kappa shape index (κ2) is 9.74. The molecule has 10 nitrogen and oxygen atoms in total. The molecule has 11 heteroatoms. The Balaban J connectivity index is 2.89. The first-order valence-electron chi connectivity index (χ1n) is 8.28. The van der Waals surface area contributed by atoms with E-state index in [0.717, 1.165) is 0 Å². The Morgan fingerprint density at radius 3 is 2.35 bits per heavy atom. The lowest BCUT2D eigenvalue weighted by Gasteiger charge is -2.30. The molecular formula is C15H26N4O6S. The van der Waals surface area contributed by atoms with Gasteiger partial charge in [0.25, 0.3) is 0 Å². The molecule has 1 aliphatic rings. The highest BCUT2D eigenvalue weighted by Gasteiger charge is 2.40. The topological polar surface area (TPSA) is 162 Å². The molecule has 0 saturated carbocycles. The molecule has 0 aliphatic carbocycles. The van der Waals surface area contributed by atoms with Crippen molar-refractivity contribution in [2.45, 2.75) is 57.0 Å². The van der Waals surface area contributed by atoms with Crippen LogP contribution in [-0.4, -0.2) is 81.4 Å². The average Bonchev–Trinajstić information content (AvgIpc) is 3.05. The Bertz CT molecular complexity index is 556. The molecule has 0 aromatic heterocycles. The number of hydrogen-bond donors (Lipinski definition) is 6. The molecule has 6 N–H and O–H groups in total. The van der Waals surface area contributed by atoms with E-state index in [1.54, 1.807) is 0 Å². The monoisotopic (exact) mass is 390 g/mol. The van der Waals surface area contributed by atoms with Crippen LogP contribution in [-0.2, 0) is 19.2 Å². The number of amides is 3. The third-order valence-electron chi connectivity index (χ3n) is 4.10. The van der Waals surface area contributed by atoms with Gasteiger partial charge < -0.3 is 31.5 Å². The number of rotatable bonds is 8. The maximum atomic E-state index is 12.7. The Labute approximate surface area is 156 Å². The molecule has 0 aromatic rings. The number of aliphatic hydroxyl groups is 1. The van der Waals surface area contributed by atoms with Gasteiger partial charge in [0.1, 0.15) is 18.1 Å². The summed E-state index contributed by atoms with van der Waals surface area (Å²) in [5, 5.41) is 23.6. The van der Waals surface area contributed by atoms with E-state index in [1.807, 2.05) is 0 Å². The molecule has 3 amide bonds. The van der Waals surface area contributed by atoms with Crippen molar-refractivity contribution in [1.82, 2.24) is 15.5 Å². The summed E-state index contributed by atoms with van der Waals surface area (Å²) in [5.41, 5.74) is 5.47. The SMILES string of the molecule is CC(N)C(=O)NC(C(=O)N1CCCC1C(=O)NC(CS)C(=O)O)C(C)O. The van der Waals surface area contributed by atoms with E-state index in [1.165, 1.54) is 18.7 Å². The molecule has 0 aromatic carbocycles. The predicted molar refractivity (Wildman–Crippen MR) is 95.4 cm³/mol. The summed E-state index contributed by atoms with van der Waals surface area (Å²) in [4.78, 5) is 49.2. The van der Waals surface area contributed by atoms with Gasteiger partial charge in [0.2, 0.25) is 17.7 Å². The lowest BCUT2D eigenvalue weighted by atomic mass is 10.1. The van der Waals surface area contributed by atoms with Crippen LogP contribution in [0.1, 0.15) is 26.7 Å². The number of nitrogens with zero attached hydrogens (tertiary/aromatic N) is 1. The van der Waals surface area contributed by atoms with Gasteiger partial charge >= 0.3 is 5.97 Å². The van der Waals surface area contributed by atoms with Crippen molar-refractivity contribution >= 4 is 36.3 Å². The summed E-state index contributed by atoms with van der Waals surface area (Å²) in [6, 6.07) is -4.16. The largest absolute Gasteiger partial charge is 0.480 e. The van der Waals surface area contributed by atoms with Crippen LogP contribution < -0.4 is 16.4 Å². The second-order valence-electron chi connectivity index (χ2n) is 6.29.